The summed E-state index contributed by atoms with van der Waals surface area (Å²) in [6.07, 6.45) is 4.29. The van der Waals surface area contributed by atoms with Gasteiger partial charge in [-0.1, -0.05) is 42.5 Å². The number of rotatable bonds is 3. The Hall–Kier alpha value is -1.04. The van der Waals surface area contributed by atoms with E-state index in [1.54, 1.807) is 7.11 Å². The van der Waals surface area contributed by atoms with Crippen molar-refractivity contribution < 1.29 is 4.74 Å². The lowest BCUT2D eigenvalue weighted by Crippen LogP contribution is -2.27. The van der Waals surface area contributed by atoms with E-state index >= 15 is 0 Å². The molecule has 110 valence electrons. The molecular formula is C16H17BrN2OS. The summed E-state index contributed by atoms with van der Waals surface area (Å²) in [5, 5.41) is 0. The maximum atomic E-state index is 5.82. The van der Waals surface area contributed by atoms with Gasteiger partial charge in [-0.05, 0) is 47.2 Å². The molecule has 0 aliphatic heterocycles. The summed E-state index contributed by atoms with van der Waals surface area (Å²) in [6.45, 7) is 0. The van der Waals surface area contributed by atoms with Crippen molar-refractivity contribution in [3.63, 3.8) is 0 Å². The molecule has 1 aliphatic carbocycles. The Kier molecular flexibility index (Phi) is 4.24. The van der Waals surface area contributed by atoms with Gasteiger partial charge in [0.15, 0.2) is 0 Å². The van der Waals surface area contributed by atoms with Gasteiger partial charge in [0.1, 0.15) is 16.1 Å². The lowest BCUT2D eigenvalue weighted by molar-refractivity contribution is -0.0163. The number of benzene rings is 1. The predicted molar refractivity (Wildman–Crippen MR) is 89.7 cm³/mol. The van der Waals surface area contributed by atoms with E-state index in [0.29, 0.717) is 4.64 Å². The van der Waals surface area contributed by atoms with Crippen LogP contribution in [0.3, 0.4) is 0 Å². The molecule has 1 aliphatic rings. The van der Waals surface area contributed by atoms with Crippen LogP contribution in [-0.2, 0) is 10.3 Å². The lowest BCUT2D eigenvalue weighted by Gasteiger charge is -2.27. The first-order chi connectivity index (χ1) is 10.2. The van der Waals surface area contributed by atoms with E-state index in [2.05, 4.69) is 38.0 Å². The van der Waals surface area contributed by atoms with Crippen LogP contribution in [0.15, 0.2) is 34.8 Å². The Morgan fingerprint density at radius 3 is 2.52 bits per heavy atom. The number of hydrogen-bond acceptors (Lipinski definition) is 3. The highest BCUT2D eigenvalue weighted by Crippen LogP contribution is 2.41. The summed E-state index contributed by atoms with van der Waals surface area (Å²) in [5.74, 6) is 0.842. The maximum absolute atomic E-state index is 5.82. The molecule has 1 N–H and O–H groups in total. The van der Waals surface area contributed by atoms with Gasteiger partial charge in [0.2, 0.25) is 0 Å². The fraction of sp³-hybridized carbons (Fsp3) is 0.375. The zero-order valence-electron chi connectivity index (χ0n) is 11.9. The van der Waals surface area contributed by atoms with Gasteiger partial charge in [-0.25, -0.2) is 4.98 Å². The van der Waals surface area contributed by atoms with Gasteiger partial charge < -0.3 is 9.72 Å². The van der Waals surface area contributed by atoms with Gasteiger partial charge in [0.05, 0.1) is 10.2 Å². The van der Waals surface area contributed by atoms with Crippen LogP contribution in [0.2, 0.25) is 0 Å². The summed E-state index contributed by atoms with van der Waals surface area (Å²) in [4.78, 5) is 8.03. The molecule has 2 aromatic rings. The third-order valence-electron chi connectivity index (χ3n) is 4.16. The topological polar surface area (TPSA) is 37.9 Å². The molecule has 3 nitrogen and oxygen atoms in total. The second-order valence-electron chi connectivity index (χ2n) is 5.35. The van der Waals surface area contributed by atoms with E-state index in [1.165, 1.54) is 0 Å². The van der Waals surface area contributed by atoms with Crippen molar-refractivity contribution in [2.75, 3.05) is 7.11 Å². The molecule has 0 spiro atoms. The van der Waals surface area contributed by atoms with Crippen molar-refractivity contribution in [2.24, 2.45) is 0 Å². The highest BCUT2D eigenvalue weighted by Gasteiger charge is 2.38. The lowest BCUT2D eigenvalue weighted by atomic mass is 10.0. The normalized spacial score (nSPS) is 17.0. The molecule has 0 amide bonds. The van der Waals surface area contributed by atoms with Crippen LogP contribution in [0, 0.1) is 4.64 Å². The number of aromatic amines is 1. The zero-order chi connectivity index (χ0) is 14.9. The van der Waals surface area contributed by atoms with Crippen LogP contribution < -0.4 is 0 Å². The first-order valence-corrected chi connectivity index (χ1v) is 8.27. The summed E-state index contributed by atoms with van der Waals surface area (Å²) in [5.41, 5.74) is 1.73. The van der Waals surface area contributed by atoms with E-state index < -0.39 is 0 Å². The molecule has 1 aromatic heterocycles. The molecule has 1 saturated carbocycles. The van der Waals surface area contributed by atoms with Crippen LogP contribution >= 0.6 is 28.1 Å². The van der Waals surface area contributed by atoms with Crippen molar-refractivity contribution in [3.8, 4) is 11.3 Å². The standard InChI is InChI=1S/C16H17BrN2OS/c1-20-16(9-5-6-10-16)15-18-13(12(17)14(21)19-15)11-7-3-2-4-8-11/h2-4,7-8H,5-6,9-10H2,1H3,(H,18,19,21). The number of halogens is 1. The van der Waals surface area contributed by atoms with Crippen molar-refractivity contribution in [3.05, 3.63) is 45.3 Å². The third-order valence-corrected chi connectivity index (χ3v) is 5.49. The fourth-order valence-corrected chi connectivity index (χ4v) is 3.57. The minimum Gasteiger partial charge on any atom is -0.370 e. The predicted octanol–water partition coefficient (Wildman–Crippen LogP) is 4.98. The van der Waals surface area contributed by atoms with Crippen LogP contribution in [0.25, 0.3) is 11.3 Å². The molecule has 0 atom stereocenters. The molecule has 0 unspecified atom stereocenters. The van der Waals surface area contributed by atoms with Gasteiger partial charge in [0.25, 0.3) is 0 Å². The third kappa shape index (κ3) is 2.70. The van der Waals surface area contributed by atoms with Crippen molar-refractivity contribution in [1.82, 2.24) is 9.97 Å². The van der Waals surface area contributed by atoms with Crippen LogP contribution in [0.5, 0.6) is 0 Å². The number of H-pyrrole nitrogens is 1. The quantitative estimate of drug-likeness (QED) is 0.780. The highest BCUT2D eigenvalue weighted by molar-refractivity contribution is 9.10. The smallest absolute Gasteiger partial charge is 0.144 e. The van der Waals surface area contributed by atoms with Crippen molar-refractivity contribution in [2.45, 2.75) is 31.3 Å². The van der Waals surface area contributed by atoms with E-state index in [0.717, 1.165) is 47.2 Å². The van der Waals surface area contributed by atoms with Crippen molar-refractivity contribution >= 4 is 28.1 Å². The molecule has 0 bridgehead atoms. The molecule has 0 radical (unpaired) electrons. The minimum atomic E-state index is -0.322. The summed E-state index contributed by atoms with van der Waals surface area (Å²) in [6, 6.07) is 10.1. The van der Waals surface area contributed by atoms with Gasteiger partial charge in [-0.2, -0.15) is 0 Å². The summed E-state index contributed by atoms with van der Waals surface area (Å²) < 4.78 is 7.22. The SMILES string of the molecule is COC1(c2nc(=S)c(Br)c(-c3ccccc3)[nH]2)CCCC1. The summed E-state index contributed by atoms with van der Waals surface area (Å²) in [7, 11) is 1.76. The Labute approximate surface area is 137 Å². The first-order valence-electron chi connectivity index (χ1n) is 7.07. The van der Waals surface area contributed by atoms with Crippen LogP contribution in [0.1, 0.15) is 31.5 Å². The molecule has 0 saturated heterocycles. The highest BCUT2D eigenvalue weighted by atomic mass is 79.9. The van der Waals surface area contributed by atoms with Gasteiger partial charge in [-0.3, -0.25) is 0 Å². The molecule has 21 heavy (non-hydrogen) atoms. The van der Waals surface area contributed by atoms with E-state index in [1.807, 2.05) is 18.2 Å². The largest absolute Gasteiger partial charge is 0.370 e. The first kappa shape index (κ1) is 14.9. The molecule has 1 fully saturated rings. The average Bonchev–Trinajstić information content (AvgIpc) is 3.01. The zero-order valence-corrected chi connectivity index (χ0v) is 14.3. The Bertz CT molecular complexity index is 693. The fourth-order valence-electron chi connectivity index (χ4n) is 2.96. The molecule has 1 aromatic carbocycles. The van der Waals surface area contributed by atoms with Gasteiger partial charge in [-0.15, -0.1) is 0 Å². The minimum absolute atomic E-state index is 0.322. The number of ether oxygens (including phenoxy) is 1. The number of hydrogen-bond donors (Lipinski definition) is 1. The van der Waals surface area contributed by atoms with E-state index in [4.69, 9.17) is 17.0 Å². The monoisotopic (exact) mass is 364 g/mol. The second-order valence-corrected chi connectivity index (χ2v) is 6.53. The van der Waals surface area contributed by atoms with Crippen molar-refractivity contribution in [1.29, 1.82) is 0 Å². The Morgan fingerprint density at radius 2 is 1.90 bits per heavy atom. The number of nitrogens with zero attached hydrogens (tertiary/aromatic N) is 1. The maximum Gasteiger partial charge on any atom is 0.144 e. The van der Waals surface area contributed by atoms with Crippen LogP contribution in [-0.4, -0.2) is 17.1 Å². The molecular weight excluding hydrogens is 348 g/mol. The number of aromatic nitrogens is 2. The molecule has 5 heteroatoms. The second kappa shape index (κ2) is 5.99. The molecule has 3 rings (SSSR count). The Balaban J connectivity index is 2.17. The van der Waals surface area contributed by atoms with Gasteiger partial charge >= 0.3 is 0 Å². The van der Waals surface area contributed by atoms with E-state index in [-0.39, 0.29) is 5.60 Å². The molecule has 1 heterocycles. The van der Waals surface area contributed by atoms with E-state index in [9.17, 15) is 0 Å². The van der Waals surface area contributed by atoms with Crippen LogP contribution in [0.4, 0.5) is 0 Å². The Morgan fingerprint density at radius 1 is 1.24 bits per heavy atom. The van der Waals surface area contributed by atoms with Gasteiger partial charge in [0, 0.05) is 7.11 Å². The number of nitrogens with one attached hydrogen (secondary N) is 1. The average molecular weight is 365 g/mol. The summed E-state index contributed by atoms with van der Waals surface area (Å²) >= 11 is 8.99. The number of methoxy groups -OCH3 is 1.